The molecule has 1 aromatic heterocycles. The SMILES string of the molecule is CCCc1c[c]nnc1. The Kier molecular flexibility index (Phi) is 2.19. The van der Waals surface area contributed by atoms with E-state index in [9.17, 15) is 0 Å². The van der Waals surface area contributed by atoms with Gasteiger partial charge in [0.25, 0.3) is 0 Å². The molecule has 0 spiro atoms. The van der Waals surface area contributed by atoms with E-state index in [1.807, 2.05) is 6.07 Å². The molecule has 0 N–H and O–H groups in total. The van der Waals surface area contributed by atoms with Crippen LogP contribution in [-0.2, 0) is 6.42 Å². The van der Waals surface area contributed by atoms with Crippen LogP contribution >= 0.6 is 0 Å². The summed E-state index contributed by atoms with van der Waals surface area (Å²) in [4.78, 5) is 0. The van der Waals surface area contributed by atoms with Gasteiger partial charge >= 0.3 is 0 Å². The first kappa shape index (κ1) is 6.20. The zero-order chi connectivity index (χ0) is 6.53. The molecule has 0 amide bonds. The molecule has 47 valence electrons. The molecular formula is C7H9N2. The molecule has 0 aliphatic heterocycles. The van der Waals surface area contributed by atoms with Crippen molar-refractivity contribution in [2.24, 2.45) is 0 Å². The first-order valence-electron chi connectivity index (χ1n) is 3.11. The van der Waals surface area contributed by atoms with E-state index in [-0.39, 0.29) is 0 Å². The van der Waals surface area contributed by atoms with Crippen LogP contribution in [-0.4, -0.2) is 10.2 Å². The Hall–Kier alpha value is -0.920. The van der Waals surface area contributed by atoms with Crippen LogP contribution < -0.4 is 0 Å². The molecule has 1 rings (SSSR count). The van der Waals surface area contributed by atoms with E-state index < -0.39 is 0 Å². The number of rotatable bonds is 2. The van der Waals surface area contributed by atoms with Gasteiger partial charge in [0.05, 0.1) is 6.20 Å². The van der Waals surface area contributed by atoms with Crippen LogP contribution in [0.3, 0.4) is 0 Å². The Morgan fingerprint density at radius 2 is 2.56 bits per heavy atom. The number of aromatic nitrogens is 2. The van der Waals surface area contributed by atoms with Gasteiger partial charge in [-0.05, 0) is 18.1 Å². The number of nitrogens with zero attached hydrogens (tertiary/aromatic N) is 2. The molecule has 0 aromatic carbocycles. The van der Waals surface area contributed by atoms with Gasteiger partial charge in [0.1, 0.15) is 6.20 Å². The largest absolute Gasteiger partial charge is 0.158 e. The maximum absolute atomic E-state index is 3.70. The lowest BCUT2D eigenvalue weighted by Gasteiger charge is -1.91. The Morgan fingerprint density at radius 1 is 1.67 bits per heavy atom. The fourth-order valence-corrected chi connectivity index (χ4v) is 0.711. The lowest BCUT2D eigenvalue weighted by Crippen LogP contribution is -1.85. The fraction of sp³-hybridized carbons (Fsp3) is 0.429. The number of aryl methyl sites for hydroxylation is 1. The molecule has 1 aromatic rings. The summed E-state index contributed by atoms with van der Waals surface area (Å²) in [5.74, 6) is 0. The third-order valence-electron chi connectivity index (χ3n) is 1.13. The predicted octanol–water partition coefficient (Wildman–Crippen LogP) is 1.23. The maximum atomic E-state index is 3.70. The van der Waals surface area contributed by atoms with Crippen LogP contribution in [0.15, 0.2) is 12.3 Å². The van der Waals surface area contributed by atoms with E-state index in [1.54, 1.807) is 6.20 Å². The highest BCUT2D eigenvalue weighted by molar-refractivity contribution is 5.03. The molecule has 2 heteroatoms. The van der Waals surface area contributed by atoms with Gasteiger partial charge in [-0.2, -0.15) is 5.10 Å². The van der Waals surface area contributed by atoms with Gasteiger partial charge < -0.3 is 0 Å². The predicted molar refractivity (Wildman–Crippen MR) is 34.9 cm³/mol. The summed E-state index contributed by atoms with van der Waals surface area (Å²) in [6.07, 6.45) is 6.69. The summed E-state index contributed by atoms with van der Waals surface area (Å²) >= 11 is 0. The van der Waals surface area contributed by atoms with Gasteiger partial charge in [-0.1, -0.05) is 13.3 Å². The summed E-state index contributed by atoms with van der Waals surface area (Å²) in [6.45, 7) is 2.14. The Labute approximate surface area is 54.9 Å². The normalized spacial score (nSPS) is 9.44. The average molecular weight is 121 g/mol. The van der Waals surface area contributed by atoms with E-state index in [4.69, 9.17) is 0 Å². The number of hydrogen-bond donors (Lipinski definition) is 0. The van der Waals surface area contributed by atoms with Crippen LogP contribution in [0.4, 0.5) is 0 Å². The Morgan fingerprint density at radius 3 is 3.11 bits per heavy atom. The second-order valence-electron chi connectivity index (χ2n) is 1.94. The minimum Gasteiger partial charge on any atom is -0.158 e. The molecule has 0 saturated carbocycles. The van der Waals surface area contributed by atoms with Gasteiger partial charge in [0, 0.05) is 0 Å². The summed E-state index contributed by atoms with van der Waals surface area (Å²) in [6, 6.07) is 1.87. The van der Waals surface area contributed by atoms with Crippen LogP contribution in [0.5, 0.6) is 0 Å². The zero-order valence-corrected chi connectivity index (χ0v) is 5.46. The summed E-state index contributed by atoms with van der Waals surface area (Å²) in [7, 11) is 0. The van der Waals surface area contributed by atoms with Crippen molar-refractivity contribution < 1.29 is 0 Å². The molecule has 1 heterocycles. The highest BCUT2D eigenvalue weighted by atomic mass is 15.1. The fourth-order valence-electron chi connectivity index (χ4n) is 0.711. The zero-order valence-electron chi connectivity index (χ0n) is 5.46. The molecule has 0 fully saturated rings. The molecular weight excluding hydrogens is 112 g/mol. The van der Waals surface area contributed by atoms with Crippen LogP contribution in [0, 0.1) is 6.20 Å². The molecule has 1 radical (unpaired) electrons. The van der Waals surface area contributed by atoms with Gasteiger partial charge in [-0.25, -0.2) is 0 Å². The van der Waals surface area contributed by atoms with Crippen molar-refractivity contribution in [3.63, 3.8) is 0 Å². The van der Waals surface area contributed by atoms with E-state index in [0.29, 0.717) is 0 Å². The molecule has 0 saturated heterocycles. The van der Waals surface area contributed by atoms with Crippen LogP contribution in [0.25, 0.3) is 0 Å². The van der Waals surface area contributed by atoms with Crippen molar-refractivity contribution in [1.29, 1.82) is 0 Å². The molecule has 0 unspecified atom stereocenters. The van der Waals surface area contributed by atoms with Crippen molar-refractivity contribution in [3.05, 3.63) is 24.0 Å². The van der Waals surface area contributed by atoms with Crippen LogP contribution in [0.2, 0.25) is 0 Å². The Bertz CT molecular complexity index is 160. The highest BCUT2D eigenvalue weighted by Crippen LogP contribution is 1.96. The quantitative estimate of drug-likeness (QED) is 0.588. The van der Waals surface area contributed by atoms with Gasteiger partial charge in [0.15, 0.2) is 0 Å². The highest BCUT2D eigenvalue weighted by Gasteiger charge is 1.86. The third kappa shape index (κ3) is 1.80. The second kappa shape index (κ2) is 3.17. The third-order valence-corrected chi connectivity index (χ3v) is 1.13. The van der Waals surface area contributed by atoms with Crippen molar-refractivity contribution in [3.8, 4) is 0 Å². The van der Waals surface area contributed by atoms with E-state index >= 15 is 0 Å². The lowest BCUT2D eigenvalue weighted by molar-refractivity contribution is 0.890. The summed E-state index contributed by atoms with van der Waals surface area (Å²) < 4.78 is 0. The average Bonchev–Trinajstić information content (AvgIpc) is 1.91. The minimum absolute atomic E-state index is 1.08. The Balaban J connectivity index is 2.61. The first-order valence-corrected chi connectivity index (χ1v) is 3.11. The first-order chi connectivity index (χ1) is 4.43. The van der Waals surface area contributed by atoms with Gasteiger partial charge in [-0.15, -0.1) is 5.10 Å². The minimum atomic E-state index is 1.08. The van der Waals surface area contributed by atoms with E-state index in [0.717, 1.165) is 12.8 Å². The lowest BCUT2D eigenvalue weighted by atomic mass is 10.2. The smallest absolute Gasteiger partial charge is 0.113 e. The van der Waals surface area contributed by atoms with Gasteiger partial charge in [-0.3, -0.25) is 0 Å². The van der Waals surface area contributed by atoms with E-state index in [2.05, 4.69) is 23.3 Å². The molecule has 2 nitrogen and oxygen atoms in total. The molecule has 0 aliphatic carbocycles. The maximum Gasteiger partial charge on any atom is 0.113 e. The monoisotopic (exact) mass is 121 g/mol. The van der Waals surface area contributed by atoms with Crippen molar-refractivity contribution in [2.45, 2.75) is 19.8 Å². The summed E-state index contributed by atoms with van der Waals surface area (Å²) in [5.41, 5.74) is 1.22. The standard InChI is InChI=1S/C7H9N2/c1-2-3-7-4-5-8-9-6-7/h4,6H,2-3H2,1H3. The number of hydrogen-bond acceptors (Lipinski definition) is 2. The van der Waals surface area contributed by atoms with E-state index in [1.165, 1.54) is 5.56 Å². The summed E-state index contributed by atoms with van der Waals surface area (Å²) in [5, 5.41) is 7.25. The van der Waals surface area contributed by atoms with Crippen molar-refractivity contribution >= 4 is 0 Å². The van der Waals surface area contributed by atoms with Crippen molar-refractivity contribution in [2.75, 3.05) is 0 Å². The van der Waals surface area contributed by atoms with Gasteiger partial charge in [0.2, 0.25) is 0 Å². The molecule has 0 aliphatic rings. The molecule has 0 atom stereocenters. The topological polar surface area (TPSA) is 25.8 Å². The van der Waals surface area contributed by atoms with Crippen LogP contribution in [0.1, 0.15) is 18.9 Å². The second-order valence-corrected chi connectivity index (χ2v) is 1.94. The molecule has 9 heavy (non-hydrogen) atoms. The van der Waals surface area contributed by atoms with Crippen molar-refractivity contribution in [1.82, 2.24) is 10.2 Å². The molecule has 0 bridgehead atoms.